The lowest BCUT2D eigenvalue weighted by Crippen LogP contribution is -2.21. The van der Waals surface area contributed by atoms with Crippen molar-refractivity contribution in [2.24, 2.45) is 0 Å². The highest BCUT2D eigenvalue weighted by Crippen LogP contribution is 2.28. The number of amides is 1. The van der Waals surface area contributed by atoms with Gasteiger partial charge in [0.2, 0.25) is 0 Å². The number of nitrogens with one attached hydrogen (secondary N) is 2. The van der Waals surface area contributed by atoms with Crippen LogP contribution in [0.1, 0.15) is 20.3 Å². The molecule has 0 fully saturated rings. The lowest BCUT2D eigenvalue weighted by Gasteiger charge is -2.12. The molecule has 21 heavy (non-hydrogen) atoms. The molecule has 2 N–H and O–H groups in total. The Balaban J connectivity index is 2.42. The van der Waals surface area contributed by atoms with E-state index in [-0.39, 0.29) is 16.5 Å². The Labute approximate surface area is 135 Å². The minimum Gasteiger partial charge on any atom is -0.354 e. The topological polar surface area (TPSA) is 79.8 Å². The molecule has 0 radical (unpaired) electrons. The molecule has 0 aliphatic heterocycles. The van der Waals surface area contributed by atoms with Gasteiger partial charge < -0.3 is 10.6 Å². The normalized spacial score (nSPS) is 13.0. The molecule has 0 aliphatic rings. The highest BCUT2D eigenvalue weighted by Gasteiger charge is 2.15. The van der Waals surface area contributed by atoms with Crippen molar-refractivity contribution >= 4 is 40.8 Å². The molecule has 0 bridgehead atoms. The smallest absolute Gasteiger partial charge is 0.273 e. The molecular formula is C13H14ClN5OS. The second-order valence-corrected chi connectivity index (χ2v) is 5.25. The molecule has 0 saturated heterocycles. The standard InChI is InChI=1S/C13H14ClN5OS/c1-7-4-5-9(21-3)12(16-7)17-8-6-10(14)18-19-11(8)13(20)15-2/h4-6H,1-3H3,(H,15,20)(H,16,17,18)/i2D3. The van der Waals surface area contributed by atoms with Gasteiger partial charge in [-0.3, -0.25) is 4.79 Å². The monoisotopic (exact) mass is 326 g/mol. The first-order valence-electron chi connectivity index (χ1n) is 7.34. The molecule has 6 nitrogen and oxygen atoms in total. The van der Waals surface area contributed by atoms with Crippen molar-refractivity contribution in [3.8, 4) is 0 Å². The number of hydrogen-bond donors (Lipinski definition) is 2. The van der Waals surface area contributed by atoms with Gasteiger partial charge in [0.1, 0.15) is 5.82 Å². The van der Waals surface area contributed by atoms with E-state index in [1.54, 1.807) is 0 Å². The van der Waals surface area contributed by atoms with E-state index in [0.717, 1.165) is 10.6 Å². The average molecular weight is 327 g/mol. The van der Waals surface area contributed by atoms with Crippen molar-refractivity contribution < 1.29 is 8.91 Å². The summed E-state index contributed by atoms with van der Waals surface area (Å²) >= 11 is 7.31. The predicted molar refractivity (Wildman–Crippen MR) is 84.5 cm³/mol. The zero-order chi connectivity index (χ0) is 17.9. The van der Waals surface area contributed by atoms with Crippen LogP contribution in [-0.4, -0.2) is 34.3 Å². The number of thioether (sulfide) groups is 1. The Morgan fingerprint density at radius 2 is 2.24 bits per heavy atom. The number of aryl methyl sites for hydroxylation is 1. The van der Waals surface area contributed by atoms with Crippen LogP contribution in [0, 0.1) is 6.92 Å². The molecule has 1 amide bonds. The second kappa shape index (κ2) is 6.73. The van der Waals surface area contributed by atoms with Gasteiger partial charge in [0.25, 0.3) is 5.91 Å². The van der Waals surface area contributed by atoms with Gasteiger partial charge in [-0.1, -0.05) is 11.6 Å². The molecule has 0 unspecified atom stereocenters. The molecule has 0 aromatic carbocycles. The van der Waals surface area contributed by atoms with Crippen LogP contribution in [-0.2, 0) is 0 Å². The minimum atomic E-state index is -2.64. The predicted octanol–water partition coefficient (Wildman–Crippen LogP) is 2.66. The van der Waals surface area contributed by atoms with Crippen LogP contribution in [0.25, 0.3) is 0 Å². The first-order chi connectivity index (χ1) is 11.2. The van der Waals surface area contributed by atoms with E-state index >= 15 is 0 Å². The number of carbonyl (C=O) groups is 1. The molecular weight excluding hydrogens is 310 g/mol. The molecule has 8 heteroatoms. The number of halogens is 1. The van der Waals surface area contributed by atoms with E-state index in [1.165, 1.54) is 17.8 Å². The van der Waals surface area contributed by atoms with Crippen LogP contribution >= 0.6 is 23.4 Å². The largest absolute Gasteiger partial charge is 0.354 e. The van der Waals surface area contributed by atoms with Crippen molar-refractivity contribution in [3.05, 3.63) is 34.7 Å². The summed E-state index contributed by atoms with van der Waals surface area (Å²) in [5.41, 5.74) is 0.799. The molecule has 2 heterocycles. The number of aromatic nitrogens is 3. The van der Waals surface area contributed by atoms with E-state index < -0.39 is 12.9 Å². The summed E-state index contributed by atoms with van der Waals surface area (Å²) in [4.78, 5) is 17.3. The summed E-state index contributed by atoms with van der Waals surface area (Å²) in [6.07, 6.45) is 1.89. The van der Waals surface area contributed by atoms with Gasteiger partial charge in [-0.25, -0.2) is 4.98 Å². The SMILES string of the molecule is [2H]C([2H])([2H])NC(=O)c1nnc(Cl)cc1Nc1nc(C)ccc1SC. The van der Waals surface area contributed by atoms with Crippen LogP contribution in [0.2, 0.25) is 5.15 Å². The first kappa shape index (κ1) is 11.8. The molecule has 2 rings (SSSR count). The van der Waals surface area contributed by atoms with E-state index in [1.807, 2.05) is 30.6 Å². The zero-order valence-electron chi connectivity index (χ0n) is 14.3. The molecule has 0 saturated carbocycles. The summed E-state index contributed by atoms with van der Waals surface area (Å²) in [6, 6.07) is 5.13. The highest BCUT2D eigenvalue weighted by molar-refractivity contribution is 7.98. The summed E-state index contributed by atoms with van der Waals surface area (Å²) in [6.45, 7) is -0.809. The summed E-state index contributed by atoms with van der Waals surface area (Å²) in [5.74, 6) is -0.380. The molecule has 0 atom stereocenters. The maximum Gasteiger partial charge on any atom is 0.273 e. The number of hydrogen-bond acceptors (Lipinski definition) is 6. The second-order valence-electron chi connectivity index (χ2n) is 4.01. The van der Waals surface area contributed by atoms with Crippen molar-refractivity contribution in [2.75, 3.05) is 18.5 Å². The lowest BCUT2D eigenvalue weighted by atomic mass is 10.3. The van der Waals surface area contributed by atoms with Gasteiger partial charge in [-0.2, -0.15) is 0 Å². The Morgan fingerprint density at radius 1 is 1.43 bits per heavy atom. The Hall–Kier alpha value is -1.86. The molecule has 0 spiro atoms. The van der Waals surface area contributed by atoms with Crippen LogP contribution in [0.5, 0.6) is 0 Å². The van der Waals surface area contributed by atoms with E-state index in [0.29, 0.717) is 5.82 Å². The van der Waals surface area contributed by atoms with Gasteiger partial charge in [0, 0.05) is 27.7 Å². The van der Waals surface area contributed by atoms with E-state index in [2.05, 4.69) is 20.5 Å². The summed E-state index contributed by atoms with van der Waals surface area (Å²) in [5, 5.41) is 12.2. The number of rotatable bonds is 4. The Bertz CT molecular complexity index is 772. The quantitative estimate of drug-likeness (QED) is 0.841. The van der Waals surface area contributed by atoms with Crippen LogP contribution < -0.4 is 10.6 Å². The fourth-order valence-electron chi connectivity index (χ4n) is 1.62. The average Bonchev–Trinajstić information content (AvgIpc) is 2.45. The molecule has 0 aliphatic carbocycles. The Morgan fingerprint density at radius 3 is 2.95 bits per heavy atom. The van der Waals surface area contributed by atoms with Crippen molar-refractivity contribution in [2.45, 2.75) is 11.8 Å². The fourth-order valence-corrected chi connectivity index (χ4v) is 2.26. The van der Waals surface area contributed by atoms with Gasteiger partial charge in [0.15, 0.2) is 10.8 Å². The van der Waals surface area contributed by atoms with Crippen LogP contribution in [0.15, 0.2) is 23.1 Å². The number of nitrogens with zero attached hydrogens (tertiary/aromatic N) is 3. The number of carbonyl (C=O) groups excluding carboxylic acids is 1. The van der Waals surface area contributed by atoms with E-state index in [4.69, 9.17) is 15.7 Å². The van der Waals surface area contributed by atoms with Crippen LogP contribution in [0.4, 0.5) is 11.5 Å². The van der Waals surface area contributed by atoms with Crippen molar-refractivity contribution in [1.29, 1.82) is 0 Å². The van der Waals surface area contributed by atoms with Gasteiger partial charge in [-0.05, 0) is 25.3 Å². The maximum atomic E-state index is 12.1. The molecule has 2 aromatic rings. The first-order valence-corrected chi connectivity index (χ1v) is 7.44. The van der Waals surface area contributed by atoms with Crippen molar-refractivity contribution in [1.82, 2.24) is 20.5 Å². The van der Waals surface area contributed by atoms with Gasteiger partial charge in [0.05, 0.1) is 5.69 Å². The fraction of sp³-hybridized carbons (Fsp3) is 0.231. The highest BCUT2D eigenvalue weighted by atomic mass is 35.5. The minimum absolute atomic E-state index is 0.0567. The van der Waals surface area contributed by atoms with Crippen molar-refractivity contribution in [3.63, 3.8) is 0 Å². The Kier molecular flexibility index (Phi) is 3.77. The number of anilines is 2. The van der Waals surface area contributed by atoms with Gasteiger partial charge >= 0.3 is 0 Å². The maximum absolute atomic E-state index is 12.1. The third kappa shape index (κ3) is 3.62. The lowest BCUT2D eigenvalue weighted by molar-refractivity contribution is 0.0958. The summed E-state index contributed by atoms with van der Waals surface area (Å²) in [7, 11) is 0. The van der Waals surface area contributed by atoms with Crippen LogP contribution in [0.3, 0.4) is 0 Å². The number of pyridine rings is 1. The summed E-state index contributed by atoms with van der Waals surface area (Å²) < 4.78 is 21.4. The third-order valence-corrected chi connectivity index (χ3v) is 3.52. The van der Waals surface area contributed by atoms with Gasteiger partial charge in [-0.15, -0.1) is 22.0 Å². The molecule has 2 aromatic heterocycles. The molecule has 110 valence electrons. The third-order valence-electron chi connectivity index (χ3n) is 2.56. The van der Waals surface area contributed by atoms with E-state index in [9.17, 15) is 4.79 Å². The zero-order valence-corrected chi connectivity index (χ0v) is 12.8.